The molecular formula is C4H8Cl2O2S. The smallest absolute Gasteiger partial charge is 0.212 e. The first-order valence-corrected chi connectivity index (χ1v) is 5.55. The van der Waals surface area contributed by atoms with Gasteiger partial charge in [-0.3, -0.25) is 0 Å². The Kier molecular flexibility index (Phi) is 3.85. The Morgan fingerprint density at radius 2 is 1.67 bits per heavy atom. The van der Waals surface area contributed by atoms with Gasteiger partial charge in [-0.15, -0.1) is 11.6 Å². The molecule has 0 amide bonds. The van der Waals surface area contributed by atoms with Crippen molar-refractivity contribution in [3.05, 3.63) is 0 Å². The first-order valence-electron chi connectivity index (χ1n) is 2.42. The van der Waals surface area contributed by atoms with Crippen LogP contribution < -0.4 is 0 Å². The van der Waals surface area contributed by atoms with Crippen LogP contribution in [0.15, 0.2) is 0 Å². The molecule has 0 heterocycles. The van der Waals surface area contributed by atoms with E-state index in [4.69, 9.17) is 10.7 Å². The molecule has 1 saturated carbocycles. The van der Waals surface area contributed by atoms with Crippen LogP contribution in [0.3, 0.4) is 0 Å². The molecule has 1 fully saturated rings. The zero-order valence-electron chi connectivity index (χ0n) is 4.97. The molecule has 0 atom stereocenters. The van der Waals surface area contributed by atoms with Crippen LogP contribution in [0.5, 0.6) is 0 Å². The standard InChI is InChI=1S/C3H5ClO2S.CH3Cl/c4-7(5,6)3-1-2-3;1-2/h3H,1-2H2;1H3. The fourth-order valence-corrected chi connectivity index (χ4v) is 1.58. The van der Waals surface area contributed by atoms with E-state index in [0.29, 0.717) is 0 Å². The summed E-state index contributed by atoms with van der Waals surface area (Å²) in [5, 5.41) is -0.214. The summed E-state index contributed by atoms with van der Waals surface area (Å²) in [6.45, 7) is 0. The van der Waals surface area contributed by atoms with Crippen molar-refractivity contribution in [1.82, 2.24) is 0 Å². The van der Waals surface area contributed by atoms with E-state index in [-0.39, 0.29) is 5.25 Å². The molecule has 56 valence electrons. The summed E-state index contributed by atoms with van der Waals surface area (Å²) in [5.74, 6) is 0. The molecule has 1 aliphatic rings. The van der Waals surface area contributed by atoms with Crippen molar-refractivity contribution in [1.29, 1.82) is 0 Å². The second kappa shape index (κ2) is 3.64. The van der Waals surface area contributed by atoms with E-state index in [1.165, 1.54) is 6.38 Å². The topological polar surface area (TPSA) is 34.1 Å². The van der Waals surface area contributed by atoms with Crippen LogP contribution in [0.1, 0.15) is 12.8 Å². The predicted octanol–water partition coefficient (Wildman–Crippen LogP) is 1.57. The average Bonchev–Trinajstić information content (AvgIpc) is 2.47. The molecule has 0 aliphatic heterocycles. The maximum atomic E-state index is 10.2. The molecule has 0 aromatic carbocycles. The molecule has 0 saturated heterocycles. The van der Waals surface area contributed by atoms with Crippen LogP contribution in [-0.2, 0) is 9.05 Å². The van der Waals surface area contributed by atoms with E-state index in [1.54, 1.807) is 0 Å². The molecule has 1 aliphatic carbocycles. The number of rotatable bonds is 1. The Balaban J connectivity index is 0.000000291. The normalized spacial score (nSPS) is 18.1. The Morgan fingerprint density at radius 1 is 1.33 bits per heavy atom. The second-order valence-electron chi connectivity index (χ2n) is 1.67. The van der Waals surface area contributed by atoms with Crippen LogP contribution in [0.4, 0.5) is 0 Å². The molecule has 5 heteroatoms. The summed E-state index contributed by atoms with van der Waals surface area (Å²) < 4.78 is 20.3. The molecule has 2 nitrogen and oxygen atoms in total. The molecule has 0 aromatic rings. The quantitative estimate of drug-likeness (QED) is 0.465. The Labute approximate surface area is 64.6 Å². The molecule has 0 bridgehead atoms. The zero-order valence-corrected chi connectivity index (χ0v) is 7.30. The van der Waals surface area contributed by atoms with E-state index >= 15 is 0 Å². The molecule has 1 rings (SSSR count). The lowest BCUT2D eigenvalue weighted by atomic mass is 11.0. The average molecular weight is 191 g/mol. The van der Waals surface area contributed by atoms with Crippen molar-refractivity contribution < 1.29 is 8.42 Å². The van der Waals surface area contributed by atoms with Gasteiger partial charge in [0, 0.05) is 17.1 Å². The van der Waals surface area contributed by atoms with Crippen LogP contribution in [0.2, 0.25) is 0 Å². The SMILES string of the molecule is CCl.O=S(=O)(Cl)C1CC1. The summed E-state index contributed by atoms with van der Waals surface area (Å²) >= 11 is 4.64. The maximum absolute atomic E-state index is 10.2. The second-order valence-corrected chi connectivity index (χ2v) is 4.58. The number of hydrogen-bond acceptors (Lipinski definition) is 2. The van der Waals surface area contributed by atoms with Crippen LogP contribution in [0, 0.1) is 0 Å². The van der Waals surface area contributed by atoms with E-state index in [1.807, 2.05) is 0 Å². The molecule has 0 spiro atoms. The van der Waals surface area contributed by atoms with Crippen molar-refractivity contribution in [2.45, 2.75) is 18.1 Å². The lowest BCUT2D eigenvalue weighted by molar-refractivity contribution is 0.608. The first-order chi connectivity index (χ1) is 4.11. The van der Waals surface area contributed by atoms with Crippen LogP contribution >= 0.6 is 22.3 Å². The van der Waals surface area contributed by atoms with Crippen LogP contribution in [-0.4, -0.2) is 20.1 Å². The highest BCUT2D eigenvalue weighted by Crippen LogP contribution is 2.30. The van der Waals surface area contributed by atoms with Gasteiger partial charge in [0.15, 0.2) is 0 Å². The summed E-state index contributed by atoms with van der Waals surface area (Å²) in [7, 11) is 1.75. The van der Waals surface area contributed by atoms with E-state index in [9.17, 15) is 8.42 Å². The highest BCUT2D eigenvalue weighted by Gasteiger charge is 2.33. The van der Waals surface area contributed by atoms with E-state index < -0.39 is 9.05 Å². The molecule has 9 heavy (non-hydrogen) atoms. The third kappa shape index (κ3) is 4.00. The molecule has 0 aromatic heterocycles. The van der Waals surface area contributed by atoms with E-state index in [2.05, 4.69) is 11.6 Å². The number of halogens is 2. The zero-order chi connectivity index (χ0) is 7.49. The van der Waals surface area contributed by atoms with Crippen LogP contribution in [0.25, 0.3) is 0 Å². The Bertz CT molecular complexity index is 159. The Morgan fingerprint density at radius 3 is 1.67 bits per heavy atom. The number of hydrogen-bond donors (Lipinski definition) is 0. The minimum atomic E-state index is -3.16. The lowest BCUT2D eigenvalue weighted by Crippen LogP contribution is -1.93. The minimum absolute atomic E-state index is 0.214. The van der Waals surface area contributed by atoms with Gasteiger partial charge in [-0.1, -0.05) is 0 Å². The highest BCUT2D eigenvalue weighted by atomic mass is 35.7. The molecular weight excluding hydrogens is 183 g/mol. The fraction of sp³-hybridized carbons (Fsp3) is 1.00. The molecule has 0 radical (unpaired) electrons. The van der Waals surface area contributed by atoms with Crippen molar-refractivity contribution in [2.75, 3.05) is 6.38 Å². The van der Waals surface area contributed by atoms with Gasteiger partial charge in [-0.2, -0.15) is 0 Å². The van der Waals surface area contributed by atoms with Gasteiger partial charge >= 0.3 is 0 Å². The molecule has 0 N–H and O–H groups in total. The van der Waals surface area contributed by atoms with Gasteiger partial charge in [0.1, 0.15) is 0 Å². The van der Waals surface area contributed by atoms with Gasteiger partial charge in [0.2, 0.25) is 9.05 Å². The molecule has 0 unspecified atom stereocenters. The Hall–Kier alpha value is 0.530. The third-order valence-corrected chi connectivity index (χ3v) is 2.95. The fourth-order valence-electron chi connectivity index (χ4n) is 0.350. The lowest BCUT2D eigenvalue weighted by Gasteiger charge is -1.80. The summed E-state index contributed by atoms with van der Waals surface area (Å²) in [4.78, 5) is 0. The van der Waals surface area contributed by atoms with E-state index in [0.717, 1.165) is 12.8 Å². The van der Waals surface area contributed by atoms with Gasteiger partial charge in [-0.05, 0) is 12.8 Å². The summed E-state index contributed by atoms with van der Waals surface area (Å²) in [6.07, 6.45) is 2.98. The van der Waals surface area contributed by atoms with Crippen molar-refractivity contribution in [3.8, 4) is 0 Å². The van der Waals surface area contributed by atoms with Gasteiger partial charge in [0.05, 0.1) is 5.25 Å². The van der Waals surface area contributed by atoms with Crippen molar-refractivity contribution in [2.24, 2.45) is 0 Å². The minimum Gasteiger partial charge on any atom is -0.212 e. The summed E-state index contributed by atoms with van der Waals surface area (Å²) in [5.41, 5.74) is 0. The highest BCUT2D eigenvalue weighted by molar-refractivity contribution is 8.14. The maximum Gasteiger partial charge on any atom is 0.235 e. The van der Waals surface area contributed by atoms with Gasteiger partial charge in [0.25, 0.3) is 0 Å². The predicted molar refractivity (Wildman–Crippen MR) is 39.6 cm³/mol. The third-order valence-electron chi connectivity index (χ3n) is 0.923. The largest absolute Gasteiger partial charge is 0.235 e. The first kappa shape index (κ1) is 9.53. The number of alkyl halides is 1. The van der Waals surface area contributed by atoms with Crippen molar-refractivity contribution in [3.63, 3.8) is 0 Å². The van der Waals surface area contributed by atoms with Gasteiger partial charge < -0.3 is 0 Å². The summed E-state index contributed by atoms with van der Waals surface area (Å²) in [6, 6.07) is 0. The monoisotopic (exact) mass is 190 g/mol. The van der Waals surface area contributed by atoms with Crippen molar-refractivity contribution >= 4 is 31.3 Å². The van der Waals surface area contributed by atoms with Gasteiger partial charge in [-0.25, -0.2) is 8.42 Å².